The molecule has 0 aromatic heterocycles. The second-order valence-corrected chi connectivity index (χ2v) is 6.49. The first kappa shape index (κ1) is 16.3. The minimum atomic E-state index is 0.0388. The van der Waals surface area contributed by atoms with Crippen LogP contribution in [0.5, 0.6) is 0 Å². The van der Waals surface area contributed by atoms with Gasteiger partial charge in [-0.3, -0.25) is 9.59 Å². The van der Waals surface area contributed by atoms with Crippen molar-refractivity contribution in [2.45, 2.75) is 70.4 Å². The smallest absolute Gasteiger partial charge is 0.221 e. The number of nitrogens with one attached hydrogen (secondary N) is 2. The maximum absolute atomic E-state index is 12.0. The molecule has 0 unspecified atom stereocenters. The van der Waals surface area contributed by atoms with Gasteiger partial charge in [-0.15, -0.1) is 0 Å². The zero-order valence-corrected chi connectivity index (χ0v) is 13.2. The summed E-state index contributed by atoms with van der Waals surface area (Å²) in [6.45, 7) is 4.27. The topological polar surface area (TPSA) is 61.4 Å². The van der Waals surface area contributed by atoms with E-state index < -0.39 is 0 Å². The lowest BCUT2D eigenvalue weighted by molar-refractivity contribution is -0.123. The van der Waals surface area contributed by atoms with Gasteiger partial charge in [0.2, 0.25) is 11.8 Å². The van der Waals surface area contributed by atoms with Gasteiger partial charge in [-0.25, -0.2) is 0 Å². The Morgan fingerprint density at radius 1 is 1.00 bits per heavy atom. The molecule has 2 fully saturated rings. The molecule has 1 aliphatic heterocycles. The molecule has 5 heteroatoms. The highest BCUT2D eigenvalue weighted by Gasteiger charge is 2.21. The number of carbonyl (C=O) groups is 2. The molecule has 0 radical (unpaired) electrons. The van der Waals surface area contributed by atoms with E-state index in [1.54, 1.807) is 6.92 Å². The molecule has 120 valence electrons. The van der Waals surface area contributed by atoms with E-state index in [-0.39, 0.29) is 17.9 Å². The van der Waals surface area contributed by atoms with Crippen LogP contribution >= 0.6 is 0 Å². The number of carbonyl (C=O) groups excluding carboxylic acids is 2. The summed E-state index contributed by atoms with van der Waals surface area (Å²) in [7, 11) is 0. The number of hydrogen-bond acceptors (Lipinski definition) is 3. The standard InChI is InChI=1S/C16H29N3O2/c1-13(20)17-15-8-5-10-19(12-15)11-9-16(21)18-14-6-3-2-4-7-14/h14-15H,2-12H2,1H3,(H,17,20)(H,18,21)/t15-/m1/s1. The average Bonchev–Trinajstić information content (AvgIpc) is 2.46. The quantitative estimate of drug-likeness (QED) is 0.806. The summed E-state index contributed by atoms with van der Waals surface area (Å²) >= 11 is 0. The van der Waals surface area contributed by atoms with Gasteiger partial charge in [0.25, 0.3) is 0 Å². The van der Waals surface area contributed by atoms with Crippen molar-refractivity contribution < 1.29 is 9.59 Å². The van der Waals surface area contributed by atoms with E-state index in [4.69, 9.17) is 0 Å². The third kappa shape index (κ3) is 6.04. The molecule has 1 aliphatic carbocycles. The minimum absolute atomic E-state index is 0.0388. The lowest BCUT2D eigenvalue weighted by Gasteiger charge is -2.33. The molecule has 2 rings (SSSR count). The number of hydrogen-bond donors (Lipinski definition) is 2. The van der Waals surface area contributed by atoms with Crippen molar-refractivity contribution in [2.24, 2.45) is 0 Å². The van der Waals surface area contributed by atoms with E-state index in [0.29, 0.717) is 12.5 Å². The van der Waals surface area contributed by atoms with Crippen LogP contribution in [-0.4, -0.2) is 48.4 Å². The summed E-state index contributed by atoms with van der Waals surface area (Å²) in [5.74, 6) is 0.223. The molecule has 0 aromatic rings. The summed E-state index contributed by atoms with van der Waals surface area (Å²) in [6, 6.07) is 0.650. The highest BCUT2D eigenvalue weighted by molar-refractivity contribution is 5.76. The van der Waals surface area contributed by atoms with Crippen molar-refractivity contribution in [1.82, 2.24) is 15.5 Å². The molecule has 0 aromatic carbocycles. The maximum atomic E-state index is 12.0. The van der Waals surface area contributed by atoms with Gasteiger partial charge in [0.1, 0.15) is 0 Å². The summed E-state index contributed by atoms with van der Waals surface area (Å²) in [5, 5.41) is 6.15. The zero-order valence-electron chi connectivity index (χ0n) is 13.2. The normalized spacial score (nSPS) is 24.5. The number of amides is 2. The number of likely N-dealkylation sites (tertiary alicyclic amines) is 1. The van der Waals surface area contributed by atoms with Gasteiger partial charge >= 0.3 is 0 Å². The zero-order chi connectivity index (χ0) is 15.1. The predicted octanol–water partition coefficient (Wildman–Crippen LogP) is 1.43. The molecule has 1 heterocycles. The van der Waals surface area contributed by atoms with E-state index in [0.717, 1.165) is 45.3 Å². The first-order valence-corrected chi connectivity index (χ1v) is 8.42. The summed E-state index contributed by atoms with van der Waals surface area (Å²) in [4.78, 5) is 25.4. The lowest BCUT2D eigenvalue weighted by atomic mass is 9.95. The monoisotopic (exact) mass is 295 g/mol. The Bertz CT molecular complexity index is 353. The van der Waals surface area contributed by atoms with Crippen LogP contribution in [0.4, 0.5) is 0 Å². The van der Waals surface area contributed by atoms with Crippen molar-refractivity contribution in [3.63, 3.8) is 0 Å². The molecule has 2 amide bonds. The molecule has 21 heavy (non-hydrogen) atoms. The highest BCUT2D eigenvalue weighted by Crippen LogP contribution is 2.17. The Hall–Kier alpha value is -1.10. The second kappa shape index (κ2) is 8.37. The lowest BCUT2D eigenvalue weighted by Crippen LogP contribution is -2.48. The van der Waals surface area contributed by atoms with Crippen LogP contribution < -0.4 is 10.6 Å². The van der Waals surface area contributed by atoms with Gasteiger partial charge < -0.3 is 15.5 Å². The summed E-state index contributed by atoms with van der Waals surface area (Å²) in [6.07, 6.45) is 8.79. The third-order valence-electron chi connectivity index (χ3n) is 4.54. The maximum Gasteiger partial charge on any atom is 0.221 e. The molecular weight excluding hydrogens is 266 g/mol. The van der Waals surface area contributed by atoms with Crippen LogP contribution in [0, 0.1) is 0 Å². The Labute approximate surface area is 127 Å². The first-order valence-electron chi connectivity index (χ1n) is 8.42. The van der Waals surface area contributed by atoms with Gasteiger partial charge in [0.05, 0.1) is 0 Å². The van der Waals surface area contributed by atoms with Crippen molar-refractivity contribution >= 4 is 11.8 Å². The Morgan fingerprint density at radius 3 is 2.43 bits per heavy atom. The molecule has 0 bridgehead atoms. The molecule has 1 saturated heterocycles. The molecule has 5 nitrogen and oxygen atoms in total. The minimum Gasteiger partial charge on any atom is -0.353 e. The number of rotatable bonds is 5. The molecule has 2 aliphatic rings. The Balaban J connectivity index is 1.64. The first-order chi connectivity index (χ1) is 10.1. The van der Waals surface area contributed by atoms with Crippen LogP contribution in [0.15, 0.2) is 0 Å². The van der Waals surface area contributed by atoms with Crippen molar-refractivity contribution in [2.75, 3.05) is 19.6 Å². The van der Waals surface area contributed by atoms with E-state index in [2.05, 4.69) is 15.5 Å². The van der Waals surface area contributed by atoms with Gasteiger partial charge in [-0.1, -0.05) is 19.3 Å². The summed E-state index contributed by atoms with van der Waals surface area (Å²) in [5.41, 5.74) is 0. The molecular formula is C16H29N3O2. The molecule has 2 N–H and O–H groups in total. The third-order valence-corrected chi connectivity index (χ3v) is 4.54. The van der Waals surface area contributed by atoms with Gasteiger partial charge in [-0.05, 0) is 32.2 Å². The fourth-order valence-corrected chi connectivity index (χ4v) is 3.47. The Kier molecular flexibility index (Phi) is 6.49. The SMILES string of the molecule is CC(=O)N[C@@H]1CCCN(CCC(=O)NC2CCCCC2)C1. The van der Waals surface area contributed by atoms with E-state index in [1.807, 2.05) is 0 Å². The van der Waals surface area contributed by atoms with Gasteiger partial charge in [0.15, 0.2) is 0 Å². The second-order valence-electron chi connectivity index (χ2n) is 6.49. The van der Waals surface area contributed by atoms with Gasteiger partial charge in [-0.2, -0.15) is 0 Å². The van der Waals surface area contributed by atoms with Crippen LogP contribution in [0.2, 0.25) is 0 Å². The summed E-state index contributed by atoms with van der Waals surface area (Å²) < 4.78 is 0. The van der Waals surface area contributed by atoms with Crippen LogP contribution in [0.25, 0.3) is 0 Å². The van der Waals surface area contributed by atoms with Crippen molar-refractivity contribution in [3.8, 4) is 0 Å². The number of nitrogens with zero attached hydrogens (tertiary/aromatic N) is 1. The van der Waals surface area contributed by atoms with Crippen molar-refractivity contribution in [1.29, 1.82) is 0 Å². The molecule has 1 atom stereocenters. The molecule has 1 saturated carbocycles. The Morgan fingerprint density at radius 2 is 1.71 bits per heavy atom. The van der Waals surface area contributed by atoms with Crippen molar-refractivity contribution in [3.05, 3.63) is 0 Å². The van der Waals surface area contributed by atoms with Crippen LogP contribution in [0.3, 0.4) is 0 Å². The fraction of sp³-hybridized carbons (Fsp3) is 0.875. The van der Waals surface area contributed by atoms with E-state index in [9.17, 15) is 9.59 Å². The van der Waals surface area contributed by atoms with Gasteiger partial charge in [0, 0.05) is 38.5 Å². The average molecular weight is 295 g/mol. The van der Waals surface area contributed by atoms with E-state index >= 15 is 0 Å². The fourth-order valence-electron chi connectivity index (χ4n) is 3.47. The van der Waals surface area contributed by atoms with Crippen LogP contribution in [-0.2, 0) is 9.59 Å². The largest absolute Gasteiger partial charge is 0.353 e. The highest BCUT2D eigenvalue weighted by atomic mass is 16.2. The molecule has 0 spiro atoms. The number of piperidine rings is 1. The predicted molar refractivity (Wildman–Crippen MR) is 82.9 cm³/mol. The van der Waals surface area contributed by atoms with Crippen LogP contribution in [0.1, 0.15) is 58.3 Å². The van der Waals surface area contributed by atoms with E-state index in [1.165, 1.54) is 19.3 Å².